The standard InChI is InChI=1S/C19H22N2O2/c1-2-6-14(9-12-20)15-7-8-17-16(13-15)19(23-18(22)21-17)10-4-3-5-11-19/h7-9,13H,2-6,10-11H2,1H3,(H,21,22)/b14-9+. The first kappa shape index (κ1) is 15.6. The van der Waals surface area contributed by atoms with Crippen molar-refractivity contribution in [3.05, 3.63) is 35.4 Å². The molecule has 0 radical (unpaired) electrons. The zero-order chi connectivity index (χ0) is 16.3. The molecule has 1 fully saturated rings. The lowest BCUT2D eigenvalue weighted by Crippen LogP contribution is -2.41. The van der Waals surface area contributed by atoms with Gasteiger partial charge in [0, 0.05) is 11.6 Å². The van der Waals surface area contributed by atoms with Gasteiger partial charge in [0.25, 0.3) is 0 Å². The van der Waals surface area contributed by atoms with E-state index in [1.807, 2.05) is 12.1 Å². The lowest BCUT2D eigenvalue weighted by molar-refractivity contribution is -0.0179. The number of allylic oxidation sites excluding steroid dienone is 2. The van der Waals surface area contributed by atoms with Gasteiger partial charge >= 0.3 is 6.09 Å². The third-order valence-corrected chi connectivity index (χ3v) is 4.83. The maximum absolute atomic E-state index is 11.9. The zero-order valence-corrected chi connectivity index (χ0v) is 13.5. The number of anilines is 1. The molecule has 1 aromatic carbocycles. The predicted molar refractivity (Wildman–Crippen MR) is 89.8 cm³/mol. The van der Waals surface area contributed by atoms with Crippen molar-refractivity contribution in [2.45, 2.75) is 57.5 Å². The van der Waals surface area contributed by atoms with Crippen LogP contribution in [0.25, 0.3) is 5.57 Å². The number of fused-ring (bicyclic) bond motifs is 2. The minimum Gasteiger partial charge on any atom is -0.438 e. The zero-order valence-electron chi connectivity index (χ0n) is 13.5. The van der Waals surface area contributed by atoms with Crippen LogP contribution < -0.4 is 5.32 Å². The van der Waals surface area contributed by atoms with Gasteiger partial charge in [-0.25, -0.2) is 4.79 Å². The molecule has 1 aliphatic carbocycles. The molecule has 120 valence electrons. The third-order valence-electron chi connectivity index (χ3n) is 4.83. The van der Waals surface area contributed by atoms with Crippen molar-refractivity contribution in [3.8, 4) is 6.07 Å². The topological polar surface area (TPSA) is 62.1 Å². The second kappa shape index (κ2) is 6.45. The van der Waals surface area contributed by atoms with E-state index < -0.39 is 5.60 Å². The van der Waals surface area contributed by atoms with Crippen LogP contribution in [0.1, 0.15) is 63.0 Å². The molecule has 1 aliphatic heterocycles. The Morgan fingerprint density at radius 2 is 2.17 bits per heavy atom. The number of nitriles is 1. The number of carbonyl (C=O) groups is 1. The average molecular weight is 310 g/mol. The highest BCUT2D eigenvalue weighted by molar-refractivity contribution is 5.89. The number of ether oxygens (including phenoxy) is 1. The van der Waals surface area contributed by atoms with E-state index in [-0.39, 0.29) is 6.09 Å². The van der Waals surface area contributed by atoms with E-state index in [0.717, 1.165) is 60.9 Å². The van der Waals surface area contributed by atoms with Crippen LogP contribution in [0.3, 0.4) is 0 Å². The van der Waals surface area contributed by atoms with Gasteiger partial charge in [-0.3, -0.25) is 5.32 Å². The van der Waals surface area contributed by atoms with Crippen molar-refractivity contribution in [2.75, 3.05) is 5.32 Å². The second-order valence-corrected chi connectivity index (χ2v) is 6.38. The minimum atomic E-state index is -0.490. The molecule has 0 atom stereocenters. The molecular weight excluding hydrogens is 288 g/mol. The first-order valence-corrected chi connectivity index (χ1v) is 8.42. The van der Waals surface area contributed by atoms with Crippen molar-refractivity contribution >= 4 is 17.4 Å². The second-order valence-electron chi connectivity index (χ2n) is 6.38. The van der Waals surface area contributed by atoms with E-state index in [1.165, 1.54) is 6.42 Å². The normalized spacial score (nSPS) is 19.5. The molecule has 1 aromatic rings. The quantitative estimate of drug-likeness (QED) is 0.789. The summed E-state index contributed by atoms with van der Waals surface area (Å²) in [5, 5.41) is 11.8. The van der Waals surface area contributed by atoms with E-state index >= 15 is 0 Å². The van der Waals surface area contributed by atoms with E-state index in [1.54, 1.807) is 6.08 Å². The van der Waals surface area contributed by atoms with Crippen molar-refractivity contribution < 1.29 is 9.53 Å². The van der Waals surface area contributed by atoms with Crippen molar-refractivity contribution in [1.82, 2.24) is 0 Å². The van der Waals surface area contributed by atoms with Crippen LogP contribution in [0.4, 0.5) is 10.5 Å². The first-order valence-electron chi connectivity index (χ1n) is 8.42. The molecule has 0 unspecified atom stereocenters. The van der Waals surface area contributed by atoms with Gasteiger partial charge in [0.05, 0.1) is 11.8 Å². The van der Waals surface area contributed by atoms with Crippen molar-refractivity contribution in [1.29, 1.82) is 5.26 Å². The van der Waals surface area contributed by atoms with Crippen LogP contribution >= 0.6 is 0 Å². The fourth-order valence-corrected chi connectivity index (χ4v) is 3.74. The number of hydrogen-bond acceptors (Lipinski definition) is 3. The number of benzene rings is 1. The first-order chi connectivity index (χ1) is 11.2. The summed E-state index contributed by atoms with van der Waals surface area (Å²) in [7, 11) is 0. The SMILES string of the molecule is CCC/C(=C\C#N)c1ccc2c(c1)C1(CCCCC1)OC(=O)N2. The van der Waals surface area contributed by atoms with E-state index in [2.05, 4.69) is 24.4 Å². The van der Waals surface area contributed by atoms with Crippen molar-refractivity contribution in [2.24, 2.45) is 0 Å². The number of nitrogens with zero attached hydrogens (tertiary/aromatic N) is 1. The Bertz CT molecular complexity index is 679. The van der Waals surface area contributed by atoms with Crippen LogP contribution in [0.15, 0.2) is 24.3 Å². The van der Waals surface area contributed by atoms with Gasteiger partial charge in [0.2, 0.25) is 0 Å². The van der Waals surface area contributed by atoms with Gasteiger partial charge in [-0.05, 0) is 55.4 Å². The molecule has 0 aromatic heterocycles. The Labute approximate surface area is 137 Å². The summed E-state index contributed by atoms with van der Waals surface area (Å²) < 4.78 is 5.76. The fraction of sp³-hybridized carbons (Fsp3) is 0.474. The van der Waals surface area contributed by atoms with Gasteiger partial charge in [0.15, 0.2) is 0 Å². The third kappa shape index (κ3) is 2.96. The van der Waals surface area contributed by atoms with Crippen LogP contribution in [0, 0.1) is 11.3 Å². The summed E-state index contributed by atoms with van der Waals surface area (Å²) in [6.45, 7) is 2.11. The molecule has 1 amide bonds. The molecule has 1 N–H and O–H groups in total. The monoisotopic (exact) mass is 310 g/mol. The number of hydrogen-bond donors (Lipinski definition) is 1. The molecule has 0 bridgehead atoms. The molecule has 4 nitrogen and oxygen atoms in total. The number of rotatable bonds is 3. The van der Waals surface area contributed by atoms with Crippen LogP contribution in [0.2, 0.25) is 0 Å². The maximum Gasteiger partial charge on any atom is 0.412 e. The fourth-order valence-electron chi connectivity index (χ4n) is 3.74. The Morgan fingerprint density at radius 1 is 1.39 bits per heavy atom. The van der Waals surface area contributed by atoms with Crippen LogP contribution in [-0.2, 0) is 10.3 Å². The lowest BCUT2D eigenvalue weighted by atomic mass is 9.77. The average Bonchev–Trinajstić information content (AvgIpc) is 2.55. The lowest BCUT2D eigenvalue weighted by Gasteiger charge is -2.41. The van der Waals surface area contributed by atoms with E-state index in [9.17, 15) is 4.79 Å². The van der Waals surface area contributed by atoms with Gasteiger partial charge in [0.1, 0.15) is 5.60 Å². The summed E-state index contributed by atoms with van der Waals surface area (Å²) in [5.41, 5.74) is 3.52. The van der Waals surface area contributed by atoms with Gasteiger partial charge in [-0.15, -0.1) is 0 Å². The highest BCUT2D eigenvalue weighted by atomic mass is 16.6. The van der Waals surface area contributed by atoms with Gasteiger partial charge in [-0.2, -0.15) is 5.26 Å². The number of carbonyl (C=O) groups excluding carboxylic acids is 1. The van der Waals surface area contributed by atoms with Crippen LogP contribution in [0.5, 0.6) is 0 Å². The molecule has 2 aliphatic rings. The molecular formula is C19H22N2O2. The van der Waals surface area contributed by atoms with Gasteiger partial charge < -0.3 is 4.74 Å². The Balaban J connectivity index is 2.06. The maximum atomic E-state index is 11.9. The molecule has 0 saturated heterocycles. The van der Waals surface area contributed by atoms with Crippen LogP contribution in [-0.4, -0.2) is 6.09 Å². The Morgan fingerprint density at radius 3 is 2.87 bits per heavy atom. The number of nitrogens with one attached hydrogen (secondary N) is 1. The predicted octanol–water partition coefficient (Wildman–Crippen LogP) is 5.12. The summed E-state index contributed by atoms with van der Waals surface area (Å²) in [5.74, 6) is 0. The summed E-state index contributed by atoms with van der Waals surface area (Å²) in [6.07, 6.45) is 8.23. The van der Waals surface area contributed by atoms with E-state index in [0.29, 0.717) is 0 Å². The molecule has 1 saturated carbocycles. The number of amides is 1. The summed E-state index contributed by atoms with van der Waals surface area (Å²) in [4.78, 5) is 11.9. The van der Waals surface area contributed by atoms with E-state index in [4.69, 9.17) is 10.00 Å². The molecule has 3 rings (SSSR count). The smallest absolute Gasteiger partial charge is 0.412 e. The molecule has 4 heteroatoms. The molecule has 1 heterocycles. The highest BCUT2D eigenvalue weighted by Gasteiger charge is 2.42. The largest absolute Gasteiger partial charge is 0.438 e. The summed E-state index contributed by atoms with van der Waals surface area (Å²) in [6, 6.07) is 8.19. The van der Waals surface area contributed by atoms with Crippen molar-refractivity contribution in [3.63, 3.8) is 0 Å². The molecule has 23 heavy (non-hydrogen) atoms. The minimum absolute atomic E-state index is 0.353. The molecule has 1 spiro atoms. The Kier molecular flexibility index (Phi) is 4.38. The Hall–Kier alpha value is -2.28. The summed E-state index contributed by atoms with van der Waals surface area (Å²) >= 11 is 0. The highest BCUT2D eigenvalue weighted by Crippen LogP contribution is 2.46. The van der Waals surface area contributed by atoms with Gasteiger partial charge in [-0.1, -0.05) is 25.8 Å².